The number of nitrogens with one attached hydrogen (secondary N) is 1. The van der Waals surface area contributed by atoms with Gasteiger partial charge < -0.3 is 4.98 Å². The molecule has 0 saturated carbocycles. The molecule has 1 aromatic heterocycles. The van der Waals surface area contributed by atoms with Crippen molar-refractivity contribution in [3.8, 4) is 0 Å². The Labute approximate surface area is 163 Å². The molecule has 1 aromatic carbocycles. The fourth-order valence-corrected chi connectivity index (χ4v) is 4.84. The van der Waals surface area contributed by atoms with E-state index in [4.69, 9.17) is 0 Å². The van der Waals surface area contributed by atoms with Gasteiger partial charge in [-0.15, -0.1) is 0 Å². The second kappa shape index (κ2) is 8.14. The molecule has 2 nitrogen and oxygen atoms in total. The molecule has 3 aliphatic rings. The molecule has 0 spiro atoms. The number of nitrogens with zero attached hydrogens (tertiary/aromatic N) is 1. The van der Waals surface area contributed by atoms with Crippen LogP contribution in [-0.2, 0) is 6.42 Å². The highest BCUT2D eigenvalue weighted by Crippen LogP contribution is 2.37. The van der Waals surface area contributed by atoms with Gasteiger partial charge in [0, 0.05) is 36.2 Å². The zero-order valence-corrected chi connectivity index (χ0v) is 16.3. The van der Waals surface area contributed by atoms with Gasteiger partial charge >= 0.3 is 0 Å². The van der Waals surface area contributed by atoms with Gasteiger partial charge in [-0.25, -0.2) is 0 Å². The molecule has 2 bridgehead atoms. The van der Waals surface area contributed by atoms with Crippen LogP contribution in [0.25, 0.3) is 10.9 Å². The van der Waals surface area contributed by atoms with Crippen LogP contribution in [0.1, 0.15) is 25.3 Å². The first-order valence-corrected chi connectivity index (χ1v) is 10.2. The molecular weight excluding hydrogens is 328 g/mol. The first-order chi connectivity index (χ1) is 13.2. The maximum atomic E-state index is 3.74. The lowest BCUT2D eigenvalue weighted by molar-refractivity contribution is 0.0846. The molecule has 2 heteroatoms. The summed E-state index contributed by atoms with van der Waals surface area (Å²) in [5, 5.41) is 1.37. The summed E-state index contributed by atoms with van der Waals surface area (Å²) >= 11 is 0. The van der Waals surface area contributed by atoms with E-state index in [-0.39, 0.29) is 0 Å². The molecule has 27 heavy (non-hydrogen) atoms. The van der Waals surface area contributed by atoms with Gasteiger partial charge in [-0.1, -0.05) is 66.8 Å². The van der Waals surface area contributed by atoms with Crippen LogP contribution in [0.2, 0.25) is 0 Å². The number of H-pyrrole nitrogens is 1. The molecule has 2 aromatic rings. The number of benzene rings is 1. The van der Waals surface area contributed by atoms with E-state index in [1.54, 1.807) is 0 Å². The quantitative estimate of drug-likeness (QED) is 0.499. The van der Waals surface area contributed by atoms with Gasteiger partial charge in [-0.05, 0) is 49.7 Å². The number of hydrogen-bond acceptors (Lipinski definition) is 1. The fourth-order valence-electron chi connectivity index (χ4n) is 4.84. The number of piperidine rings is 1. The van der Waals surface area contributed by atoms with Crippen molar-refractivity contribution in [2.75, 3.05) is 13.1 Å². The van der Waals surface area contributed by atoms with Crippen LogP contribution < -0.4 is 0 Å². The van der Waals surface area contributed by atoms with Crippen molar-refractivity contribution in [1.29, 1.82) is 0 Å². The van der Waals surface area contributed by atoms with E-state index < -0.39 is 0 Å². The maximum absolute atomic E-state index is 3.74. The van der Waals surface area contributed by atoms with E-state index >= 15 is 0 Å². The van der Waals surface area contributed by atoms with Gasteiger partial charge in [-0.2, -0.15) is 0 Å². The lowest BCUT2D eigenvalue weighted by Gasteiger charge is -2.47. The number of allylic oxidation sites excluding steroid dienone is 5. The summed E-state index contributed by atoms with van der Waals surface area (Å²) in [5.74, 6) is 1.46. The molecule has 2 aliphatic heterocycles. The average Bonchev–Trinajstić information content (AvgIpc) is 3.10. The molecule has 3 atom stereocenters. The minimum absolute atomic E-state index is 0.590. The highest BCUT2D eigenvalue weighted by atomic mass is 15.2. The Kier molecular flexibility index (Phi) is 5.45. The van der Waals surface area contributed by atoms with Gasteiger partial charge in [-0.3, -0.25) is 4.90 Å². The molecule has 1 saturated heterocycles. The van der Waals surface area contributed by atoms with Crippen LogP contribution in [0.15, 0.2) is 79.1 Å². The molecular formula is C25H30N2. The molecule has 140 valence electrons. The van der Waals surface area contributed by atoms with Gasteiger partial charge in [0.25, 0.3) is 0 Å². The first kappa shape index (κ1) is 18.1. The second-order valence-electron chi connectivity index (χ2n) is 8.07. The zero-order valence-electron chi connectivity index (χ0n) is 16.3. The number of rotatable bonds is 7. The number of aromatic nitrogens is 1. The SMILES string of the molecule is C=C/C=C\C=C(/C)CC1CC2C=CC1N(CCc1c[nH]c3ccccc13)C2. The summed E-state index contributed by atoms with van der Waals surface area (Å²) in [6.45, 7) is 8.36. The third-order valence-corrected chi connectivity index (χ3v) is 6.11. The Balaban J connectivity index is 1.41. The topological polar surface area (TPSA) is 19.0 Å². The predicted molar refractivity (Wildman–Crippen MR) is 116 cm³/mol. The van der Waals surface area contributed by atoms with Crippen molar-refractivity contribution in [2.24, 2.45) is 11.8 Å². The van der Waals surface area contributed by atoms with Crippen molar-refractivity contribution < 1.29 is 0 Å². The van der Waals surface area contributed by atoms with Crippen molar-refractivity contribution in [2.45, 2.75) is 32.2 Å². The molecule has 1 aliphatic carbocycles. The Morgan fingerprint density at radius 1 is 1.26 bits per heavy atom. The van der Waals surface area contributed by atoms with Crippen LogP contribution in [0.3, 0.4) is 0 Å². The lowest BCUT2D eigenvalue weighted by atomic mass is 9.75. The van der Waals surface area contributed by atoms with E-state index in [1.165, 1.54) is 41.4 Å². The molecule has 1 N–H and O–H groups in total. The van der Waals surface area contributed by atoms with Crippen molar-refractivity contribution >= 4 is 10.9 Å². The summed E-state index contributed by atoms with van der Waals surface area (Å²) in [7, 11) is 0. The summed E-state index contributed by atoms with van der Waals surface area (Å²) in [5.41, 5.74) is 4.16. The highest BCUT2D eigenvalue weighted by molar-refractivity contribution is 5.83. The van der Waals surface area contributed by atoms with Crippen LogP contribution in [0, 0.1) is 11.8 Å². The van der Waals surface area contributed by atoms with Crippen molar-refractivity contribution in [3.05, 3.63) is 84.6 Å². The third-order valence-electron chi connectivity index (χ3n) is 6.11. The number of hydrogen-bond donors (Lipinski definition) is 1. The summed E-state index contributed by atoms with van der Waals surface area (Å²) in [6, 6.07) is 9.22. The van der Waals surface area contributed by atoms with Crippen LogP contribution in [-0.4, -0.2) is 29.0 Å². The van der Waals surface area contributed by atoms with Crippen molar-refractivity contribution in [3.63, 3.8) is 0 Å². The summed E-state index contributed by atoms with van der Waals surface area (Å²) in [4.78, 5) is 6.13. The molecule has 3 unspecified atom stereocenters. The predicted octanol–water partition coefficient (Wildman–Crippen LogP) is 5.67. The summed E-state index contributed by atoms with van der Waals surface area (Å²) < 4.78 is 0. The number of para-hydroxylation sites is 1. The maximum Gasteiger partial charge on any atom is 0.0456 e. The van der Waals surface area contributed by atoms with E-state index in [2.05, 4.69) is 78.2 Å². The summed E-state index contributed by atoms with van der Waals surface area (Å²) in [6.07, 6.45) is 19.0. The third kappa shape index (κ3) is 4.01. The Bertz CT molecular complexity index is 883. The van der Waals surface area contributed by atoms with E-state index in [9.17, 15) is 0 Å². The standard InChI is InChI=1S/C25H30N2/c1-3-4-5-8-19(2)15-22-16-20-11-12-25(22)27(18-20)14-13-21-17-26-24-10-7-6-9-23(21)24/h3-12,17,20,22,25-26H,1,13-16,18H2,2H3/b5-4-,19-8+. The van der Waals surface area contributed by atoms with Gasteiger partial charge in [0.15, 0.2) is 0 Å². The van der Waals surface area contributed by atoms with E-state index in [0.717, 1.165) is 24.8 Å². The van der Waals surface area contributed by atoms with E-state index in [0.29, 0.717) is 6.04 Å². The Morgan fingerprint density at radius 3 is 3.00 bits per heavy atom. The Morgan fingerprint density at radius 2 is 2.15 bits per heavy atom. The smallest absolute Gasteiger partial charge is 0.0456 e. The first-order valence-electron chi connectivity index (χ1n) is 10.2. The number of fused-ring (bicyclic) bond motifs is 3. The van der Waals surface area contributed by atoms with Crippen LogP contribution in [0.4, 0.5) is 0 Å². The van der Waals surface area contributed by atoms with Crippen LogP contribution >= 0.6 is 0 Å². The average molecular weight is 359 g/mol. The van der Waals surface area contributed by atoms with Gasteiger partial charge in [0.1, 0.15) is 0 Å². The van der Waals surface area contributed by atoms with Crippen molar-refractivity contribution in [1.82, 2.24) is 9.88 Å². The normalized spacial score (nSPS) is 25.7. The van der Waals surface area contributed by atoms with Gasteiger partial charge in [0.05, 0.1) is 0 Å². The Hall–Kier alpha value is -2.32. The molecule has 5 rings (SSSR count). The molecule has 0 amide bonds. The largest absolute Gasteiger partial charge is 0.361 e. The molecule has 3 heterocycles. The lowest BCUT2D eigenvalue weighted by Crippen LogP contribution is -2.51. The number of aromatic amines is 1. The second-order valence-corrected chi connectivity index (χ2v) is 8.07. The molecule has 0 radical (unpaired) electrons. The minimum atomic E-state index is 0.590. The fraction of sp³-hybridized carbons (Fsp3) is 0.360. The van der Waals surface area contributed by atoms with Crippen LogP contribution in [0.5, 0.6) is 0 Å². The monoisotopic (exact) mass is 358 g/mol. The van der Waals surface area contributed by atoms with E-state index in [1.807, 2.05) is 12.2 Å². The molecule has 1 fully saturated rings. The zero-order chi connectivity index (χ0) is 18.6. The highest BCUT2D eigenvalue weighted by Gasteiger charge is 2.36. The minimum Gasteiger partial charge on any atom is -0.361 e. The van der Waals surface area contributed by atoms with Gasteiger partial charge in [0.2, 0.25) is 0 Å².